The predicted molar refractivity (Wildman–Crippen MR) is 123 cm³/mol. The molecule has 3 N–H and O–H groups in total. The monoisotopic (exact) mass is 432 g/mol. The summed E-state index contributed by atoms with van der Waals surface area (Å²) >= 11 is 0. The number of nitrogens with two attached hydrogens (primary N) is 1. The van der Waals surface area contributed by atoms with Crippen molar-refractivity contribution in [2.24, 2.45) is 5.92 Å². The van der Waals surface area contributed by atoms with Crippen LogP contribution in [-0.2, 0) is 6.67 Å². The molecule has 1 fully saturated rings. The molecule has 32 heavy (non-hydrogen) atoms. The normalized spacial score (nSPS) is 15.4. The molecule has 0 amide bonds. The minimum absolute atomic E-state index is 0.132. The highest BCUT2D eigenvalue weighted by molar-refractivity contribution is 5.77. The van der Waals surface area contributed by atoms with Crippen LogP contribution in [0.4, 0.5) is 21.6 Å². The lowest BCUT2D eigenvalue weighted by atomic mass is 10.1. The number of benzene rings is 1. The molecule has 3 heterocycles. The molecule has 4 rings (SSSR count). The Morgan fingerprint density at radius 3 is 2.91 bits per heavy atom. The highest BCUT2D eigenvalue weighted by atomic mass is 19.1. The van der Waals surface area contributed by atoms with E-state index >= 15 is 0 Å². The van der Waals surface area contributed by atoms with Gasteiger partial charge >= 0.3 is 0 Å². The zero-order chi connectivity index (χ0) is 22.5. The van der Waals surface area contributed by atoms with Gasteiger partial charge in [-0.25, -0.2) is 14.4 Å². The van der Waals surface area contributed by atoms with Crippen molar-refractivity contribution in [1.82, 2.24) is 9.97 Å². The number of anilines is 3. The van der Waals surface area contributed by atoms with Gasteiger partial charge in [-0.3, -0.25) is 0 Å². The number of rotatable bonds is 7. The second-order valence-electron chi connectivity index (χ2n) is 7.73. The third kappa shape index (κ3) is 4.42. The zero-order valence-electron chi connectivity index (χ0n) is 17.9. The van der Waals surface area contributed by atoms with Crippen LogP contribution in [-0.4, -0.2) is 36.7 Å². The molecule has 0 unspecified atom stereocenters. The molecule has 0 bridgehead atoms. The van der Waals surface area contributed by atoms with E-state index < -0.39 is 6.67 Å². The quantitative estimate of drug-likeness (QED) is 0.582. The minimum atomic E-state index is -0.660. The third-order valence-electron chi connectivity index (χ3n) is 5.67. The Morgan fingerprint density at radius 1 is 1.31 bits per heavy atom. The smallest absolute Gasteiger partial charge is 0.166 e. The Hall–Kier alpha value is -3.86. The first-order valence-electron chi connectivity index (χ1n) is 10.5. The third-order valence-corrected chi connectivity index (χ3v) is 5.67. The van der Waals surface area contributed by atoms with Crippen molar-refractivity contribution in [3.63, 3.8) is 0 Å². The van der Waals surface area contributed by atoms with Crippen LogP contribution in [0.25, 0.3) is 11.3 Å². The maximum absolute atomic E-state index is 13.8. The van der Waals surface area contributed by atoms with Gasteiger partial charge < -0.3 is 20.7 Å². The topological polar surface area (TPSA) is 100 Å². The van der Waals surface area contributed by atoms with Gasteiger partial charge in [0, 0.05) is 43.4 Å². The Morgan fingerprint density at radius 2 is 2.19 bits per heavy atom. The molecule has 1 aliphatic heterocycles. The Labute approximate surface area is 186 Å². The number of nitriles is 1. The van der Waals surface area contributed by atoms with E-state index in [9.17, 15) is 9.65 Å². The predicted octanol–water partition coefficient (Wildman–Crippen LogP) is 4.01. The van der Waals surface area contributed by atoms with Gasteiger partial charge in [0.15, 0.2) is 5.69 Å². The second-order valence-corrected chi connectivity index (χ2v) is 7.73. The Bertz CT molecular complexity index is 1130. The molecule has 0 spiro atoms. The summed E-state index contributed by atoms with van der Waals surface area (Å²) < 4.78 is 19.8. The number of ether oxygens (including phenoxy) is 1. The number of pyridine rings is 2. The van der Waals surface area contributed by atoms with Gasteiger partial charge in [0.1, 0.15) is 24.3 Å². The van der Waals surface area contributed by atoms with E-state index in [4.69, 9.17) is 10.5 Å². The number of halogens is 1. The lowest BCUT2D eigenvalue weighted by Crippen LogP contribution is -2.22. The highest BCUT2D eigenvalue weighted by Crippen LogP contribution is 2.32. The highest BCUT2D eigenvalue weighted by Gasteiger charge is 2.24. The van der Waals surface area contributed by atoms with Crippen molar-refractivity contribution in [2.75, 3.05) is 42.7 Å². The van der Waals surface area contributed by atoms with Crippen molar-refractivity contribution >= 4 is 17.2 Å². The molecule has 1 saturated heterocycles. The first kappa shape index (κ1) is 21.4. The van der Waals surface area contributed by atoms with Crippen LogP contribution in [0.1, 0.15) is 17.7 Å². The molecule has 1 atom stereocenters. The van der Waals surface area contributed by atoms with Crippen LogP contribution < -0.4 is 20.7 Å². The molecule has 0 aliphatic carbocycles. The number of alkyl halides is 1. The molecule has 8 heteroatoms. The van der Waals surface area contributed by atoms with Crippen LogP contribution in [0.15, 0.2) is 48.7 Å². The maximum Gasteiger partial charge on any atom is 0.166 e. The van der Waals surface area contributed by atoms with E-state index in [2.05, 4.69) is 20.2 Å². The van der Waals surface area contributed by atoms with Gasteiger partial charge in [0.25, 0.3) is 0 Å². The first-order valence-corrected chi connectivity index (χ1v) is 10.5. The summed E-state index contributed by atoms with van der Waals surface area (Å²) in [6, 6.07) is 14.9. The summed E-state index contributed by atoms with van der Waals surface area (Å²) in [5.41, 5.74) is 8.66. The summed E-state index contributed by atoms with van der Waals surface area (Å²) in [5, 5.41) is 12.3. The summed E-state index contributed by atoms with van der Waals surface area (Å²) in [6.45, 7) is 1.64. The first-order chi connectivity index (χ1) is 15.6. The second kappa shape index (κ2) is 9.52. The maximum atomic E-state index is 13.8. The fourth-order valence-electron chi connectivity index (χ4n) is 3.90. The van der Waals surface area contributed by atoms with Gasteiger partial charge in [0.05, 0.1) is 23.7 Å². The summed E-state index contributed by atoms with van der Waals surface area (Å²) in [7, 11) is 1.72. The number of aromatic nitrogens is 2. The van der Waals surface area contributed by atoms with Crippen molar-refractivity contribution < 1.29 is 9.13 Å². The number of hydrogen-bond acceptors (Lipinski definition) is 7. The number of nitrogen functional groups attached to an aromatic ring is 1. The van der Waals surface area contributed by atoms with Gasteiger partial charge in [-0.2, -0.15) is 5.26 Å². The lowest BCUT2D eigenvalue weighted by Gasteiger charge is -2.18. The fraction of sp³-hybridized carbons (Fsp3) is 0.292. The molecule has 0 radical (unpaired) electrons. The van der Waals surface area contributed by atoms with E-state index in [1.165, 1.54) is 0 Å². The number of nitrogens with one attached hydrogen (secondary N) is 1. The van der Waals surface area contributed by atoms with Crippen LogP contribution in [0.5, 0.6) is 5.75 Å². The van der Waals surface area contributed by atoms with Crippen LogP contribution in [0.2, 0.25) is 0 Å². The van der Waals surface area contributed by atoms with E-state index in [0.29, 0.717) is 46.5 Å². The van der Waals surface area contributed by atoms with Gasteiger partial charge in [-0.1, -0.05) is 6.07 Å². The van der Waals surface area contributed by atoms with Gasteiger partial charge in [0.2, 0.25) is 0 Å². The number of hydrogen-bond donors (Lipinski definition) is 2. The minimum Gasteiger partial charge on any atom is -0.493 e. The molecule has 0 saturated carbocycles. The van der Waals surface area contributed by atoms with E-state index in [1.54, 1.807) is 31.4 Å². The van der Waals surface area contributed by atoms with Crippen molar-refractivity contribution in [2.45, 2.75) is 13.1 Å². The molecule has 7 nitrogen and oxygen atoms in total. The average molecular weight is 433 g/mol. The Balaban J connectivity index is 1.47. The zero-order valence-corrected chi connectivity index (χ0v) is 17.9. The molecular formula is C24H25FN6O. The molecule has 164 valence electrons. The summed E-state index contributed by atoms with van der Waals surface area (Å²) in [5.74, 6) is 1.84. The molecule has 2 aromatic heterocycles. The SMILES string of the molecule is CNc1cc(-c2ccc(OC[C@@H]3CCN(c4ccccn4)C3)c(CF)c2)nc(C#N)c1N. The summed E-state index contributed by atoms with van der Waals surface area (Å²) in [6.07, 6.45) is 2.79. The van der Waals surface area contributed by atoms with Gasteiger partial charge in [-0.15, -0.1) is 0 Å². The van der Waals surface area contributed by atoms with Crippen molar-refractivity contribution in [3.8, 4) is 23.1 Å². The van der Waals surface area contributed by atoms with Crippen molar-refractivity contribution in [1.29, 1.82) is 5.26 Å². The van der Waals surface area contributed by atoms with Crippen LogP contribution >= 0.6 is 0 Å². The molecular weight excluding hydrogens is 407 g/mol. The fourth-order valence-corrected chi connectivity index (χ4v) is 3.90. The molecule has 3 aromatic rings. The van der Waals surface area contributed by atoms with E-state index in [0.717, 1.165) is 25.3 Å². The standard InChI is InChI=1S/C24H25FN6O/c1-28-20-11-19(30-21(13-26)24(20)27)17-5-6-22(18(10-17)12-25)32-15-16-7-9-31(14-16)23-4-2-3-8-29-23/h2-6,8,10-11,16H,7,9,12,14-15,27H2,1H3,(H,28,30)/t16-/m1/s1. The summed E-state index contributed by atoms with van der Waals surface area (Å²) in [4.78, 5) is 11.0. The van der Waals surface area contributed by atoms with Crippen molar-refractivity contribution in [3.05, 3.63) is 59.9 Å². The van der Waals surface area contributed by atoms with Crippen LogP contribution in [0.3, 0.4) is 0 Å². The Kier molecular flexibility index (Phi) is 6.36. The van der Waals surface area contributed by atoms with E-state index in [-0.39, 0.29) is 5.69 Å². The molecule has 1 aromatic carbocycles. The molecule has 1 aliphatic rings. The average Bonchev–Trinajstić information content (AvgIpc) is 3.32. The largest absolute Gasteiger partial charge is 0.493 e. The lowest BCUT2D eigenvalue weighted by molar-refractivity contribution is 0.256. The number of nitrogens with zero attached hydrogens (tertiary/aromatic N) is 4. The van der Waals surface area contributed by atoms with Gasteiger partial charge in [-0.05, 0) is 42.8 Å². The van der Waals surface area contributed by atoms with Crippen LogP contribution in [0, 0.1) is 17.2 Å². The van der Waals surface area contributed by atoms with E-state index in [1.807, 2.05) is 30.3 Å².